The number of carbonyl (C=O) groups excluding carboxylic acids is 1. The van der Waals surface area contributed by atoms with Crippen molar-refractivity contribution in [2.24, 2.45) is 5.41 Å². The molecule has 2 saturated heterocycles. The molecule has 0 bridgehead atoms. The summed E-state index contributed by atoms with van der Waals surface area (Å²) >= 11 is 0. The molecule has 0 aromatic rings. The Labute approximate surface area is 123 Å². The van der Waals surface area contributed by atoms with Gasteiger partial charge in [-0.25, -0.2) is 0 Å². The number of piperidine rings is 2. The van der Waals surface area contributed by atoms with Gasteiger partial charge in [-0.3, -0.25) is 4.79 Å². The zero-order chi connectivity index (χ0) is 14.6. The van der Waals surface area contributed by atoms with Gasteiger partial charge in [-0.15, -0.1) is 0 Å². The first-order valence-electron chi connectivity index (χ1n) is 8.29. The van der Waals surface area contributed by atoms with Crippen LogP contribution in [0, 0.1) is 5.41 Å². The zero-order valence-corrected chi connectivity index (χ0v) is 13.4. The van der Waals surface area contributed by atoms with E-state index in [0.717, 1.165) is 58.2 Å². The van der Waals surface area contributed by atoms with Crippen molar-refractivity contribution in [2.75, 3.05) is 26.7 Å². The van der Waals surface area contributed by atoms with Gasteiger partial charge in [0.25, 0.3) is 0 Å². The molecule has 20 heavy (non-hydrogen) atoms. The van der Waals surface area contributed by atoms with Crippen molar-refractivity contribution in [3.8, 4) is 0 Å². The van der Waals surface area contributed by atoms with E-state index in [0.29, 0.717) is 18.0 Å². The number of hydrogen-bond donors (Lipinski definition) is 2. The van der Waals surface area contributed by atoms with Gasteiger partial charge in [0.05, 0.1) is 5.41 Å². The topological polar surface area (TPSA) is 44.4 Å². The molecule has 4 heteroatoms. The molecule has 3 atom stereocenters. The van der Waals surface area contributed by atoms with Crippen LogP contribution < -0.4 is 10.6 Å². The molecule has 3 unspecified atom stereocenters. The van der Waals surface area contributed by atoms with Gasteiger partial charge in [0.1, 0.15) is 0 Å². The summed E-state index contributed by atoms with van der Waals surface area (Å²) in [6.07, 6.45) is 6.42. The first-order chi connectivity index (χ1) is 9.57. The third-order valence-corrected chi connectivity index (χ3v) is 5.23. The number of likely N-dealkylation sites (tertiary alicyclic amines) is 1. The van der Waals surface area contributed by atoms with Gasteiger partial charge in [-0.1, -0.05) is 13.3 Å². The molecule has 0 aliphatic carbocycles. The number of nitrogens with zero attached hydrogens (tertiary/aromatic N) is 1. The summed E-state index contributed by atoms with van der Waals surface area (Å²) in [5.41, 5.74) is -0.153. The van der Waals surface area contributed by atoms with Crippen molar-refractivity contribution in [3.63, 3.8) is 0 Å². The standard InChI is InChI=1S/C16H31N3O/c1-4-7-16(8-5-9-17-12-16)15(20)18-14-6-10-19(3)13(2)11-14/h13-14,17H,4-12H2,1-3H3,(H,18,20). The van der Waals surface area contributed by atoms with Crippen molar-refractivity contribution in [1.29, 1.82) is 0 Å². The van der Waals surface area contributed by atoms with E-state index in [1.165, 1.54) is 0 Å². The molecule has 2 aliphatic rings. The summed E-state index contributed by atoms with van der Waals surface area (Å²) in [6, 6.07) is 0.935. The number of carbonyl (C=O) groups is 1. The lowest BCUT2D eigenvalue weighted by molar-refractivity contribution is -0.133. The monoisotopic (exact) mass is 281 g/mol. The van der Waals surface area contributed by atoms with E-state index in [-0.39, 0.29) is 5.41 Å². The highest BCUT2D eigenvalue weighted by atomic mass is 16.2. The van der Waals surface area contributed by atoms with Crippen LogP contribution in [0.4, 0.5) is 0 Å². The lowest BCUT2D eigenvalue weighted by Gasteiger charge is -2.40. The van der Waals surface area contributed by atoms with Crippen LogP contribution in [-0.2, 0) is 4.79 Å². The van der Waals surface area contributed by atoms with Crippen molar-refractivity contribution in [2.45, 2.75) is 64.5 Å². The van der Waals surface area contributed by atoms with Gasteiger partial charge in [-0.2, -0.15) is 0 Å². The van der Waals surface area contributed by atoms with Crippen LogP contribution in [0.2, 0.25) is 0 Å². The minimum Gasteiger partial charge on any atom is -0.353 e. The van der Waals surface area contributed by atoms with E-state index in [4.69, 9.17) is 0 Å². The molecular formula is C16H31N3O. The average molecular weight is 281 g/mol. The molecule has 1 amide bonds. The Hall–Kier alpha value is -0.610. The largest absolute Gasteiger partial charge is 0.353 e. The zero-order valence-electron chi connectivity index (χ0n) is 13.4. The molecule has 2 N–H and O–H groups in total. The van der Waals surface area contributed by atoms with Crippen LogP contribution in [-0.4, -0.2) is 49.6 Å². The van der Waals surface area contributed by atoms with E-state index in [1.54, 1.807) is 0 Å². The maximum absolute atomic E-state index is 12.8. The van der Waals surface area contributed by atoms with E-state index in [9.17, 15) is 4.79 Å². The summed E-state index contributed by atoms with van der Waals surface area (Å²) in [6.45, 7) is 7.44. The first-order valence-corrected chi connectivity index (χ1v) is 8.29. The number of hydrogen-bond acceptors (Lipinski definition) is 3. The van der Waals surface area contributed by atoms with E-state index >= 15 is 0 Å². The highest BCUT2D eigenvalue weighted by Crippen LogP contribution is 2.32. The molecule has 0 radical (unpaired) electrons. The molecule has 0 spiro atoms. The lowest BCUT2D eigenvalue weighted by atomic mass is 9.76. The summed E-state index contributed by atoms with van der Waals surface area (Å²) in [4.78, 5) is 15.2. The smallest absolute Gasteiger partial charge is 0.227 e. The van der Waals surface area contributed by atoms with Crippen molar-refractivity contribution < 1.29 is 4.79 Å². The SMILES string of the molecule is CCCC1(C(=O)NC2CCN(C)C(C)C2)CCCNC1. The maximum Gasteiger partial charge on any atom is 0.227 e. The Kier molecular flexibility index (Phi) is 5.44. The predicted octanol–water partition coefficient (Wildman–Crippen LogP) is 1.76. The Morgan fingerprint density at radius 2 is 2.30 bits per heavy atom. The molecule has 4 nitrogen and oxygen atoms in total. The summed E-state index contributed by atoms with van der Waals surface area (Å²) in [5, 5.41) is 6.78. The van der Waals surface area contributed by atoms with Crippen molar-refractivity contribution in [1.82, 2.24) is 15.5 Å². The Bertz CT molecular complexity index is 320. The van der Waals surface area contributed by atoms with E-state index < -0.39 is 0 Å². The molecule has 0 saturated carbocycles. The summed E-state index contributed by atoms with van der Waals surface area (Å²) in [7, 11) is 2.17. The Morgan fingerprint density at radius 1 is 1.50 bits per heavy atom. The second-order valence-corrected chi connectivity index (χ2v) is 6.84. The van der Waals surface area contributed by atoms with Crippen molar-refractivity contribution >= 4 is 5.91 Å². The van der Waals surface area contributed by atoms with Crippen LogP contribution >= 0.6 is 0 Å². The fourth-order valence-electron chi connectivity index (χ4n) is 3.73. The second kappa shape index (κ2) is 6.90. The molecule has 0 aromatic carbocycles. The Balaban J connectivity index is 1.94. The van der Waals surface area contributed by atoms with Crippen LogP contribution in [0.3, 0.4) is 0 Å². The highest BCUT2D eigenvalue weighted by molar-refractivity contribution is 5.83. The van der Waals surface area contributed by atoms with Gasteiger partial charge < -0.3 is 15.5 Å². The molecule has 2 aliphatic heterocycles. The van der Waals surface area contributed by atoms with Gasteiger partial charge in [-0.05, 0) is 52.6 Å². The fraction of sp³-hybridized carbons (Fsp3) is 0.938. The maximum atomic E-state index is 12.8. The van der Waals surface area contributed by atoms with Gasteiger partial charge in [0, 0.05) is 25.2 Å². The number of amides is 1. The summed E-state index contributed by atoms with van der Waals surface area (Å²) < 4.78 is 0. The Morgan fingerprint density at radius 3 is 2.90 bits per heavy atom. The van der Waals surface area contributed by atoms with Crippen LogP contribution in [0.1, 0.15) is 52.4 Å². The van der Waals surface area contributed by atoms with Crippen molar-refractivity contribution in [3.05, 3.63) is 0 Å². The summed E-state index contributed by atoms with van der Waals surface area (Å²) in [5.74, 6) is 0.299. The molecular weight excluding hydrogens is 250 g/mol. The molecule has 116 valence electrons. The third kappa shape index (κ3) is 3.53. The molecule has 2 rings (SSSR count). The quantitative estimate of drug-likeness (QED) is 0.825. The normalized spacial score (nSPS) is 35.8. The minimum atomic E-state index is -0.153. The van der Waals surface area contributed by atoms with Gasteiger partial charge in [0.15, 0.2) is 0 Å². The fourth-order valence-corrected chi connectivity index (χ4v) is 3.73. The third-order valence-electron chi connectivity index (χ3n) is 5.23. The highest BCUT2D eigenvalue weighted by Gasteiger charge is 2.39. The van der Waals surface area contributed by atoms with Crippen LogP contribution in [0.15, 0.2) is 0 Å². The molecule has 0 aromatic heterocycles. The van der Waals surface area contributed by atoms with Gasteiger partial charge >= 0.3 is 0 Å². The van der Waals surface area contributed by atoms with E-state index in [1.807, 2.05) is 0 Å². The lowest BCUT2D eigenvalue weighted by Crippen LogP contribution is -2.55. The average Bonchev–Trinajstić information content (AvgIpc) is 2.44. The number of nitrogens with one attached hydrogen (secondary N) is 2. The van der Waals surface area contributed by atoms with E-state index in [2.05, 4.69) is 36.4 Å². The predicted molar refractivity (Wildman–Crippen MR) is 82.7 cm³/mol. The van der Waals surface area contributed by atoms with Crippen LogP contribution in [0.5, 0.6) is 0 Å². The first kappa shape index (κ1) is 15.8. The van der Waals surface area contributed by atoms with Crippen LogP contribution in [0.25, 0.3) is 0 Å². The minimum absolute atomic E-state index is 0.153. The molecule has 2 heterocycles. The van der Waals surface area contributed by atoms with Gasteiger partial charge in [0.2, 0.25) is 5.91 Å². The molecule has 2 fully saturated rings. The second-order valence-electron chi connectivity index (χ2n) is 6.84. The number of rotatable bonds is 4.